The highest BCUT2D eigenvalue weighted by atomic mass is 15.1. The maximum absolute atomic E-state index is 2.68. The van der Waals surface area contributed by atoms with Gasteiger partial charge in [-0.1, -0.05) is 50.1 Å². The SMILES string of the molecule is CCCCCN1CCC(CCc2ccccc2)CC1. The minimum atomic E-state index is 0.961. The first kappa shape index (κ1) is 14.6. The Bertz CT molecular complexity index is 325. The molecule has 1 aromatic carbocycles. The van der Waals surface area contributed by atoms with Crippen LogP contribution in [0.4, 0.5) is 0 Å². The van der Waals surface area contributed by atoms with Crippen molar-refractivity contribution in [1.29, 1.82) is 0 Å². The lowest BCUT2D eigenvalue weighted by molar-refractivity contribution is 0.176. The number of rotatable bonds is 7. The summed E-state index contributed by atoms with van der Waals surface area (Å²) in [5.74, 6) is 0.961. The van der Waals surface area contributed by atoms with Crippen molar-refractivity contribution in [2.45, 2.75) is 51.9 Å². The van der Waals surface area contributed by atoms with E-state index in [9.17, 15) is 0 Å². The molecule has 1 aliphatic heterocycles. The van der Waals surface area contributed by atoms with E-state index < -0.39 is 0 Å². The molecule has 0 N–H and O–H groups in total. The summed E-state index contributed by atoms with van der Waals surface area (Å²) < 4.78 is 0. The number of unbranched alkanes of at least 4 members (excludes halogenated alkanes) is 2. The molecule has 0 radical (unpaired) electrons. The van der Waals surface area contributed by atoms with Gasteiger partial charge in [0.05, 0.1) is 0 Å². The van der Waals surface area contributed by atoms with Gasteiger partial charge in [-0.25, -0.2) is 0 Å². The van der Waals surface area contributed by atoms with Gasteiger partial charge < -0.3 is 4.90 Å². The quantitative estimate of drug-likeness (QED) is 0.651. The highest BCUT2D eigenvalue weighted by Crippen LogP contribution is 2.22. The van der Waals surface area contributed by atoms with Gasteiger partial charge in [-0.3, -0.25) is 0 Å². The normalized spacial score (nSPS) is 17.7. The molecule has 1 aromatic rings. The van der Waals surface area contributed by atoms with Crippen LogP contribution in [0, 0.1) is 5.92 Å². The van der Waals surface area contributed by atoms with E-state index in [2.05, 4.69) is 42.2 Å². The van der Waals surface area contributed by atoms with Crippen molar-refractivity contribution in [3.05, 3.63) is 35.9 Å². The molecular formula is C18H29N. The molecule has 2 rings (SSSR count). The Morgan fingerprint density at radius 3 is 2.47 bits per heavy atom. The van der Waals surface area contributed by atoms with Gasteiger partial charge in [0, 0.05) is 0 Å². The number of benzene rings is 1. The zero-order valence-electron chi connectivity index (χ0n) is 12.5. The third-order valence-corrected chi connectivity index (χ3v) is 4.47. The standard InChI is InChI=1S/C18H29N/c1-2-3-7-14-19-15-12-18(13-16-19)11-10-17-8-5-4-6-9-17/h4-6,8-9,18H,2-3,7,10-16H2,1H3. The average Bonchev–Trinajstić information content (AvgIpc) is 2.48. The molecular weight excluding hydrogens is 230 g/mol. The van der Waals surface area contributed by atoms with Gasteiger partial charge in [0.25, 0.3) is 0 Å². The Morgan fingerprint density at radius 2 is 1.79 bits per heavy atom. The van der Waals surface area contributed by atoms with Crippen molar-refractivity contribution >= 4 is 0 Å². The van der Waals surface area contributed by atoms with E-state index in [1.54, 1.807) is 0 Å². The summed E-state index contributed by atoms with van der Waals surface area (Å²) in [7, 11) is 0. The first-order valence-electron chi connectivity index (χ1n) is 8.14. The van der Waals surface area contributed by atoms with Crippen LogP contribution in [-0.4, -0.2) is 24.5 Å². The number of nitrogens with zero attached hydrogens (tertiary/aromatic N) is 1. The fourth-order valence-electron chi connectivity index (χ4n) is 3.10. The zero-order valence-corrected chi connectivity index (χ0v) is 12.5. The lowest BCUT2D eigenvalue weighted by Gasteiger charge is -2.32. The van der Waals surface area contributed by atoms with E-state index in [0.717, 1.165) is 5.92 Å². The molecule has 1 heteroatoms. The summed E-state index contributed by atoms with van der Waals surface area (Å²) in [5, 5.41) is 0. The second-order valence-electron chi connectivity index (χ2n) is 6.02. The van der Waals surface area contributed by atoms with Gasteiger partial charge in [0.1, 0.15) is 0 Å². The highest BCUT2D eigenvalue weighted by Gasteiger charge is 2.18. The number of likely N-dealkylation sites (tertiary alicyclic amines) is 1. The van der Waals surface area contributed by atoms with Crippen LogP contribution in [0.5, 0.6) is 0 Å². The summed E-state index contributed by atoms with van der Waals surface area (Å²) >= 11 is 0. The fraction of sp³-hybridized carbons (Fsp3) is 0.667. The van der Waals surface area contributed by atoms with E-state index in [0.29, 0.717) is 0 Å². The Kier molecular flexibility index (Phi) is 6.43. The van der Waals surface area contributed by atoms with Gasteiger partial charge in [-0.15, -0.1) is 0 Å². The van der Waals surface area contributed by atoms with E-state index in [-0.39, 0.29) is 0 Å². The molecule has 0 amide bonds. The molecule has 0 bridgehead atoms. The zero-order chi connectivity index (χ0) is 13.3. The average molecular weight is 259 g/mol. The van der Waals surface area contributed by atoms with Gasteiger partial charge in [-0.05, 0) is 63.2 Å². The minimum absolute atomic E-state index is 0.961. The third-order valence-electron chi connectivity index (χ3n) is 4.47. The molecule has 0 atom stereocenters. The molecule has 0 aliphatic carbocycles. The van der Waals surface area contributed by atoms with Gasteiger partial charge in [0.15, 0.2) is 0 Å². The molecule has 1 saturated heterocycles. The fourth-order valence-corrected chi connectivity index (χ4v) is 3.10. The smallest absolute Gasteiger partial charge is 0.00161 e. The number of hydrogen-bond donors (Lipinski definition) is 0. The number of hydrogen-bond acceptors (Lipinski definition) is 1. The van der Waals surface area contributed by atoms with E-state index in [4.69, 9.17) is 0 Å². The summed E-state index contributed by atoms with van der Waals surface area (Å²) in [6.07, 6.45) is 9.61. The second kappa shape index (κ2) is 8.37. The summed E-state index contributed by atoms with van der Waals surface area (Å²) in [6, 6.07) is 11.0. The van der Waals surface area contributed by atoms with Crippen molar-refractivity contribution in [1.82, 2.24) is 4.90 Å². The second-order valence-corrected chi connectivity index (χ2v) is 6.02. The van der Waals surface area contributed by atoms with Crippen LogP contribution in [-0.2, 0) is 6.42 Å². The largest absolute Gasteiger partial charge is 0.303 e. The van der Waals surface area contributed by atoms with Crippen LogP contribution in [0.25, 0.3) is 0 Å². The van der Waals surface area contributed by atoms with Crippen molar-refractivity contribution in [2.75, 3.05) is 19.6 Å². The molecule has 0 spiro atoms. The molecule has 1 aliphatic rings. The Morgan fingerprint density at radius 1 is 1.05 bits per heavy atom. The predicted molar refractivity (Wildman–Crippen MR) is 83.5 cm³/mol. The van der Waals surface area contributed by atoms with Gasteiger partial charge >= 0.3 is 0 Å². The molecule has 1 nitrogen and oxygen atoms in total. The topological polar surface area (TPSA) is 3.24 Å². The molecule has 19 heavy (non-hydrogen) atoms. The highest BCUT2D eigenvalue weighted by molar-refractivity contribution is 5.14. The minimum Gasteiger partial charge on any atom is -0.303 e. The molecule has 0 aromatic heterocycles. The van der Waals surface area contributed by atoms with Gasteiger partial charge in [0.2, 0.25) is 0 Å². The predicted octanol–water partition coefficient (Wildman–Crippen LogP) is 4.52. The molecule has 1 fully saturated rings. The maximum Gasteiger partial charge on any atom is -0.00161 e. The van der Waals surface area contributed by atoms with E-state index in [1.807, 2.05) is 0 Å². The van der Waals surface area contributed by atoms with Crippen LogP contribution < -0.4 is 0 Å². The van der Waals surface area contributed by atoms with E-state index >= 15 is 0 Å². The molecule has 106 valence electrons. The van der Waals surface area contributed by atoms with Crippen LogP contribution in [0.2, 0.25) is 0 Å². The Balaban J connectivity index is 1.61. The third kappa shape index (κ3) is 5.36. The molecule has 0 unspecified atom stereocenters. The van der Waals surface area contributed by atoms with Crippen molar-refractivity contribution in [3.63, 3.8) is 0 Å². The van der Waals surface area contributed by atoms with Gasteiger partial charge in [-0.2, -0.15) is 0 Å². The lowest BCUT2D eigenvalue weighted by atomic mass is 9.90. The van der Waals surface area contributed by atoms with E-state index in [1.165, 1.54) is 70.1 Å². The Hall–Kier alpha value is -0.820. The van der Waals surface area contributed by atoms with Crippen LogP contribution in [0.15, 0.2) is 30.3 Å². The van der Waals surface area contributed by atoms with Crippen LogP contribution in [0.3, 0.4) is 0 Å². The first-order chi connectivity index (χ1) is 9.38. The monoisotopic (exact) mass is 259 g/mol. The molecule has 1 heterocycles. The molecule has 0 saturated carbocycles. The van der Waals surface area contributed by atoms with Crippen LogP contribution in [0.1, 0.15) is 51.0 Å². The summed E-state index contributed by atoms with van der Waals surface area (Å²) in [5.41, 5.74) is 1.51. The van der Waals surface area contributed by atoms with Crippen molar-refractivity contribution in [3.8, 4) is 0 Å². The lowest BCUT2D eigenvalue weighted by Crippen LogP contribution is -2.34. The van der Waals surface area contributed by atoms with Crippen LogP contribution >= 0.6 is 0 Å². The number of aryl methyl sites for hydroxylation is 1. The Labute approximate surface area is 119 Å². The summed E-state index contributed by atoms with van der Waals surface area (Å²) in [6.45, 7) is 6.29. The van der Waals surface area contributed by atoms with Crippen molar-refractivity contribution in [2.24, 2.45) is 5.92 Å². The first-order valence-corrected chi connectivity index (χ1v) is 8.14. The number of piperidine rings is 1. The van der Waals surface area contributed by atoms with Crippen molar-refractivity contribution < 1.29 is 0 Å². The summed E-state index contributed by atoms with van der Waals surface area (Å²) in [4.78, 5) is 2.68. The maximum atomic E-state index is 2.68.